The van der Waals surface area contributed by atoms with Crippen molar-refractivity contribution >= 4 is 20.5 Å². The van der Waals surface area contributed by atoms with Crippen molar-refractivity contribution < 1.29 is 0 Å². The van der Waals surface area contributed by atoms with Gasteiger partial charge in [0.1, 0.15) is 0 Å². The van der Waals surface area contributed by atoms with Gasteiger partial charge in [-0.05, 0) is 0 Å². The standard InChI is InChI=1S/C2H4Si2/c3-1-2-4/h1-2H2. The molecule has 0 aromatic carbocycles. The summed E-state index contributed by atoms with van der Waals surface area (Å²) in [7, 11) is 6.48. The molecule has 0 atom stereocenters. The zero-order chi connectivity index (χ0) is 3.41. The average Bonchev–Trinajstić information content (AvgIpc) is 1.37. The first-order valence-electron chi connectivity index (χ1n) is 1.21. The van der Waals surface area contributed by atoms with Crippen LogP contribution in [0.3, 0.4) is 0 Å². The molecule has 0 aliphatic carbocycles. The minimum absolute atomic E-state index is 1.04. The molecule has 2 heteroatoms. The normalized spacial score (nSPS) is 7.50. The summed E-state index contributed by atoms with van der Waals surface area (Å²) in [6.07, 6.45) is 0. The van der Waals surface area contributed by atoms with Gasteiger partial charge in [0.15, 0.2) is 0 Å². The van der Waals surface area contributed by atoms with E-state index in [4.69, 9.17) is 0 Å². The average molecular weight is 84.2 g/mol. The van der Waals surface area contributed by atoms with Gasteiger partial charge in [-0.2, -0.15) is 0 Å². The van der Waals surface area contributed by atoms with Crippen molar-refractivity contribution in [2.24, 2.45) is 0 Å². The zero-order valence-electron chi connectivity index (χ0n) is 2.41. The van der Waals surface area contributed by atoms with Gasteiger partial charge in [-0.25, -0.2) is 0 Å². The maximum absolute atomic E-state index is 3.24. The van der Waals surface area contributed by atoms with Crippen LogP contribution in [0, 0.1) is 0 Å². The van der Waals surface area contributed by atoms with E-state index in [1.165, 1.54) is 0 Å². The Balaban J connectivity index is 1.97. The Bertz CT molecular complexity index is 6.00. The molecule has 0 rings (SSSR count). The van der Waals surface area contributed by atoms with Gasteiger partial charge in [-0.1, -0.05) is 12.1 Å². The summed E-state index contributed by atoms with van der Waals surface area (Å²) in [6, 6.07) is 2.08. The van der Waals surface area contributed by atoms with E-state index in [0.717, 1.165) is 12.1 Å². The van der Waals surface area contributed by atoms with Crippen LogP contribution in [0.2, 0.25) is 12.1 Å². The lowest BCUT2D eigenvalue weighted by atomic mass is 11.0. The molecular weight excluding hydrogens is 80.2 g/mol. The van der Waals surface area contributed by atoms with Gasteiger partial charge in [-0.3, -0.25) is 0 Å². The lowest BCUT2D eigenvalue weighted by Gasteiger charge is -1.66. The summed E-state index contributed by atoms with van der Waals surface area (Å²) in [4.78, 5) is 0. The second-order valence-corrected chi connectivity index (χ2v) is 1.50. The molecule has 0 aliphatic rings. The second kappa shape index (κ2) is 3.43. The Labute approximate surface area is 33.4 Å². The lowest BCUT2D eigenvalue weighted by Crippen LogP contribution is -1.60. The highest BCUT2D eigenvalue weighted by Crippen LogP contribution is 1.70. The molecule has 0 unspecified atom stereocenters. The molecule has 0 N–H and O–H groups in total. The topological polar surface area (TPSA) is 0 Å². The molecule has 4 heavy (non-hydrogen) atoms. The Hall–Kier alpha value is 0.434. The molecule has 0 heterocycles. The summed E-state index contributed by atoms with van der Waals surface area (Å²) < 4.78 is 0. The van der Waals surface area contributed by atoms with Gasteiger partial charge in [0.25, 0.3) is 0 Å². The first-order chi connectivity index (χ1) is 1.91. The molecule has 20 valence electrons. The fourth-order valence-electron chi connectivity index (χ4n) is 0. The van der Waals surface area contributed by atoms with E-state index in [2.05, 4.69) is 20.5 Å². The fourth-order valence-corrected chi connectivity index (χ4v) is 0. The smallest absolute Gasteiger partial charge is 0.0218 e. The van der Waals surface area contributed by atoms with Crippen LogP contribution in [0.25, 0.3) is 0 Å². The highest BCUT2D eigenvalue weighted by atomic mass is 28.2. The predicted molar refractivity (Wildman–Crippen MR) is 21.1 cm³/mol. The third-order valence-corrected chi connectivity index (χ3v) is 1.12. The first kappa shape index (κ1) is 4.43. The van der Waals surface area contributed by atoms with E-state index in [-0.39, 0.29) is 0 Å². The number of rotatable bonds is 1. The van der Waals surface area contributed by atoms with Gasteiger partial charge in [0.2, 0.25) is 0 Å². The van der Waals surface area contributed by atoms with Crippen molar-refractivity contribution in [1.82, 2.24) is 0 Å². The van der Waals surface area contributed by atoms with Crippen molar-refractivity contribution in [3.63, 3.8) is 0 Å². The van der Waals surface area contributed by atoms with Crippen molar-refractivity contribution in [3.05, 3.63) is 0 Å². The summed E-state index contributed by atoms with van der Waals surface area (Å²) in [6.45, 7) is 0. The summed E-state index contributed by atoms with van der Waals surface area (Å²) in [5.41, 5.74) is 0. The molecule has 0 nitrogen and oxygen atoms in total. The minimum Gasteiger partial charge on any atom is -0.0668 e. The largest absolute Gasteiger partial charge is 0.0668 e. The SMILES string of the molecule is [Si]CC[Si]. The van der Waals surface area contributed by atoms with Crippen LogP contribution in [0.5, 0.6) is 0 Å². The molecule has 6 radical (unpaired) electrons. The van der Waals surface area contributed by atoms with E-state index in [9.17, 15) is 0 Å². The Morgan fingerprint density at radius 3 is 1.25 bits per heavy atom. The molecule has 0 fully saturated rings. The second-order valence-electron chi connectivity index (χ2n) is 0.500. The Morgan fingerprint density at radius 2 is 1.25 bits per heavy atom. The van der Waals surface area contributed by atoms with E-state index in [1.54, 1.807) is 0 Å². The van der Waals surface area contributed by atoms with Crippen LogP contribution >= 0.6 is 0 Å². The van der Waals surface area contributed by atoms with Gasteiger partial charge in [0.05, 0.1) is 0 Å². The lowest BCUT2D eigenvalue weighted by molar-refractivity contribution is 1.46. The predicted octanol–water partition coefficient (Wildman–Crippen LogP) is 0.160. The van der Waals surface area contributed by atoms with Crippen molar-refractivity contribution in [3.8, 4) is 0 Å². The monoisotopic (exact) mass is 84.0 g/mol. The van der Waals surface area contributed by atoms with Crippen LogP contribution < -0.4 is 0 Å². The fraction of sp³-hybridized carbons (Fsp3) is 1.00. The molecule has 0 aromatic rings. The van der Waals surface area contributed by atoms with Gasteiger partial charge >= 0.3 is 0 Å². The minimum atomic E-state index is 1.04. The Morgan fingerprint density at radius 1 is 1.00 bits per heavy atom. The molecule has 0 saturated heterocycles. The third-order valence-electron chi connectivity index (χ3n) is 0.125. The van der Waals surface area contributed by atoms with Crippen LogP contribution in [-0.4, -0.2) is 20.5 Å². The van der Waals surface area contributed by atoms with Gasteiger partial charge in [-0.15, -0.1) is 0 Å². The highest BCUT2D eigenvalue weighted by Gasteiger charge is 1.58. The molecule has 0 amide bonds. The Kier molecular flexibility index (Phi) is 3.81. The van der Waals surface area contributed by atoms with E-state index in [1.807, 2.05) is 0 Å². The van der Waals surface area contributed by atoms with Crippen molar-refractivity contribution in [2.45, 2.75) is 12.1 Å². The third kappa shape index (κ3) is 2.43. The van der Waals surface area contributed by atoms with E-state index < -0.39 is 0 Å². The maximum Gasteiger partial charge on any atom is 0.0218 e. The molecular formula is C2H4Si2. The quantitative estimate of drug-likeness (QED) is 0.397. The number of hydrogen-bond acceptors (Lipinski definition) is 0. The molecule has 0 saturated carbocycles. The van der Waals surface area contributed by atoms with Crippen molar-refractivity contribution in [2.75, 3.05) is 0 Å². The maximum atomic E-state index is 3.24. The molecule has 0 spiro atoms. The van der Waals surface area contributed by atoms with Crippen LogP contribution in [0.15, 0.2) is 0 Å². The summed E-state index contributed by atoms with van der Waals surface area (Å²) >= 11 is 0. The number of hydrogen-bond donors (Lipinski definition) is 0. The molecule has 0 aromatic heterocycles. The summed E-state index contributed by atoms with van der Waals surface area (Å²) in [5, 5.41) is 0. The van der Waals surface area contributed by atoms with Crippen LogP contribution in [0.4, 0.5) is 0 Å². The first-order valence-corrected chi connectivity index (χ1v) is 2.62. The van der Waals surface area contributed by atoms with Crippen molar-refractivity contribution in [1.29, 1.82) is 0 Å². The zero-order valence-corrected chi connectivity index (χ0v) is 4.41. The molecule has 0 bridgehead atoms. The van der Waals surface area contributed by atoms with E-state index >= 15 is 0 Å². The highest BCUT2D eigenvalue weighted by molar-refractivity contribution is 6.16. The van der Waals surface area contributed by atoms with Crippen LogP contribution in [-0.2, 0) is 0 Å². The van der Waals surface area contributed by atoms with Gasteiger partial charge in [0, 0.05) is 20.5 Å². The van der Waals surface area contributed by atoms with Gasteiger partial charge < -0.3 is 0 Å². The summed E-state index contributed by atoms with van der Waals surface area (Å²) in [5.74, 6) is 0. The van der Waals surface area contributed by atoms with Crippen LogP contribution in [0.1, 0.15) is 0 Å². The molecule has 0 aliphatic heterocycles. The van der Waals surface area contributed by atoms with E-state index in [0.29, 0.717) is 0 Å².